The standard InChI is InChI=1S/C52H90O6/c1-4-7-10-13-15-17-19-21-23-24-25-26-27-28-29-31-32-34-36-39-42-45-51(54)57-48-49(47-56-50(53)44-41-38-12-9-6-3)58-52(55)46-43-40-37-35-33-30-22-20-18-16-14-11-8-5-2/h14,16,19-22,24-25,27-28,49H,4-13,15,17-18,23,26,29-48H2,1-3H3/b16-14-,21-19-,22-20-,25-24-,28-27-. The van der Waals surface area contributed by atoms with Crippen LogP contribution in [0.25, 0.3) is 0 Å². The van der Waals surface area contributed by atoms with E-state index in [-0.39, 0.29) is 31.1 Å². The second kappa shape index (κ2) is 46.8. The highest BCUT2D eigenvalue weighted by Crippen LogP contribution is 2.13. The van der Waals surface area contributed by atoms with E-state index in [1.165, 1.54) is 83.5 Å². The molecular weight excluding hydrogens is 721 g/mol. The number of unbranched alkanes of at least 4 members (excludes halogenated alkanes) is 22. The zero-order chi connectivity index (χ0) is 42.3. The normalized spacial score (nSPS) is 12.5. The number of hydrogen-bond acceptors (Lipinski definition) is 6. The van der Waals surface area contributed by atoms with E-state index in [9.17, 15) is 14.4 Å². The molecule has 58 heavy (non-hydrogen) atoms. The summed E-state index contributed by atoms with van der Waals surface area (Å²) < 4.78 is 16.6. The minimum absolute atomic E-state index is 0.0856. The van der Waals surface area contributed by atoms with Crippen LogP contribution in [0.1, 0.15) is 233 Å². The van der Waals surface area contributed by atoms with Gasteiger partial charge in [-0.15, -0.1) is 0 Å². The van der Waals surface area contributed by atoms with Crippen molar-refractivity contribution in [2.24, 2.45) is 0 Å². The van der Waals surface area contributed by atoms with Crippen LogP contribution in [0.5, 0.6) is 0 Å². The van der Waals surface area contributed by atoms with Crippen LogP contribution in [0, 0.1) is 0 Å². The van der Waals surface area contributed by atoms with Crippen molar-refractivity contribution in [2.45, 2.75) is 239 Å². The van der Waals surface area contributed by atoms with Crippen molar-refractivity contribution in [3.63, 3.8) is 0 Å². The zero-order valence-corrected chi connectivity index (χ0v) is 38.0. The maximum atomic E-state index is 12.7. The van der Waals surface area contributed by atoms with E-state index in [4.69, 9.17) is 14.2 Å². The molecule has 0 aromatic carbocycles. The molecule has 334 valence electrons. The smallest absolute Gasteiger partial charge is 0.306 e. The van der Waals surface area contributed by atoms with Gasteiger partial charge in [-0.25, -0.2) is 0 Å². The summed E-state index contributed by atoms with van der Waals surface area (Å²) in [5.41, 5.74) is 0. The molecule has 0 bridgehead atoms. The summed E-state index contributed by atoms with van der Waals surface area (Å²) in [5.74, 6) is -0.927. The predicted octanol–water partition coefficient (Wildman–Crippen LogP) is 15.7. The number of carbonyl (C=O) groups excluding carboxylic acids is 3. The highest BCUT2D eigenvalue weighted by Gasteiger charge is 2.19. The molecule has 0 spiro atoms. The van der Waals surface area contributed by atoms with Gasteiger partial charge >= 0.3 is 17.9 Å². The molecule has 0 aliphatic rings. The third-order valence-corrected chi connectivity index (χ3v) is 10.2. The molecule has 0 radical (unpaired) electrons. The molecule has 0 aliphatic heterocycles. The Morgan fingerprint density at radius 1 is 0.345 bits per heavy atom. The van der Waals surface area contributed by atoms with Crippen molar-refractivity contribution >= 4 is 17.9 Å². The Kier molecular flexibility index (Phi) is 44.5. The molecule has 0 aliphatic carbocycles. The summed E-state index contributed by atoms with van der Waals surface area (Å²) in [7, 11) is 0. The molecule has 6 nitrogen and oxygen atoms in total. The van der Waals surface area contributed by atoms with E-state index < -0.39 is 6.10 Å². The molecule has 6 heteroatoms. The fourth-order valence-corrected chi connectivity index (χ4v) is 6.52. The third kappa shape index (κ3) is 44.2. The van der Waals surface area contributed by atoms with Crippen LogP contribution in [-0.4, -0.2) is 37.2 Å². The number of allylic oxidation sites excluding steroid dienone is 10. The van der Waals surface area contributed by atoms with Gasteiger partial charge in [0.05, 0.1) is 0 Å². The average Bonchev–Trinajstić information content (AvgIpc) is 3.22. The van der Waals surface area contributed by atoms with Crippen molar-refractivity contribution in [3.8, 4) is 0 Å². The molecule has 1 unspecified atom stereocenters. The number of hydrogen-bond donors (Lipinski definition) is 0. The summed E-state index contributed by atoms with van der Waals surface area (Å²) in [6.45, 7) is 6.47. The van der Waals surface area contributed by atoms with Gasteiger partial charge in [-0.3, -0.25) is 14.4 Å². The van der Waals surface area contributed by atoms with Crippen molar-refractivity contribution in [1.82, 2.24) is 0 Å². The van der Waals surface area contributed by atoms with Gasteiger partial charge in [0.2, 0.25) is 0 Å². The SMILES string of the molecule is CCCC/C=C\C/C=C\CCCCCCCC(=O)OC(COC(=O)CCCCCCC)COC(=O)CCCCCCCC/C=C\C/C=C\C/C=C\CCCCCCC. The van der Waals surface area contributed by atoms with Gasteiger partial charge in [0.1, 0.15) is 13.2 Å². The lowest BCUT2D eigenvalue weighted by Gasteiger charge is -2.18. The zero-order valence-electron chi connectivity index (χ0n) is 38.0. The van der Waals surface area contributed by atoms with Gasteiger partial charge in [-0.05, 0) is 83.5 Å². The second-order valence-corrected chi connectivity index (χ2v) is 16.0. The summed E-state index contributed by atoms with van der Waals surface area (Å²) in [6.07, 6.45) is 56.6. The molecule has 0 fully saturated rings. The van der Waals surface area contributed by atoms with Crippen LogP contribution < -0.4 is 0 Å². The summed E-state index contributed by atoms with van der Waals surface area (Å²) in [4.78, 5) is 37.6. The maximum Gasteiger partial charge on any atom is 0.306 e. The lowest BCUT2D eigenvalue weighted by atomic mass is 10.1. The van der Waals surface area contributed by atoms with Crippen LogP contribution in [0.15, 0.2) is 60.8 Å². The van der Waals surface area contributed by atoms with Gasteiger partial charge in [0, 0.05) is 19.3 Å². The molecule has 0 saturated carbocycles. The molecule has 0 aromatic heterocycles. The van der Waals surface area contributed by atoms with E-state index in [0.717, 1.165) is 109 Å². The maximum absolute atomic E-state index is 12.7. The topological polar surface area (TPSA) is 78.9 Å². The molecule has 0 amide bonds. The lowest BCUT2D eigenvalue weighted by molar-refractivity contribution is -0.167. The molecule has 1 atom stereocenters. The van der Waals surface area contributed by atoms with Crippen molar-refractivity contribution < 1.29 is 28.6 Å². The van der Waals surface area contributed by atoms with Gasteiger partial charge in [0.15, 0.2) is 6.10 Å². The predicted molar refractivity (Wildman–Crippen MR) is 247 cm³/mol. The van der Waals surface area contributed by atoms with Crippen LogP contribution in [-0.2, 0) is 28.6 Å². The molecule has 0 rings (SSSR count). The molecule has 0 saturated heterocycles. The Labute approximate surface area is 358 Å². The van der Waals surface area contributed by atoms with E-state index in [2.05, 4.69) is 81.5 Å². The van der Waals surface area contributed by atoms with E-state index in [1.807, 2.05) is 0 Å². The molecule has 0 heterocycles. The van der Waals surface area contributed by atoms with Crippen LogP contribution in [0.2, 0.25) is 0 Å². The van der Waals surface area contributed by atoms with Gasteiger partial charge in [-0.1, -0.05) is 191 Å². The summed E-state index contributed by atoms with van der Waals surface area (Å²) >= 11 is 0. The Hall–Kier alpha value is -2.89. The van der Waals surface area contributed by atoms with Crippen molar-refractivity contribution in [2.75, 3.05) is 13.2 Å². The molecular formula is C52H90O6. The minimum atomic E-state index is -0.782. The largest absolute Gasteiger partial charge is 0.462 e. The van der Waals surface area contributed by atoms with Crippen LogP contribution in [0.3, 0.4) is 0 Å². The monoisotopic (exact) mass is 811 g/mol. The van der Waals surface area contributed by atoms with Gasteiger partial charge in [-0.2, -0.15) is 0 Å². The fraction of sp³-hybridized carbons (Fsp3) is 0.750. The van der Waals surface area contributed by atoms with Crippen LogP contribution >= 0.6 is 0 Å². The highest BCUT2D eigenvalue weighted by molar-refractivity contribution is 5.71. The lowest BCUT2D eigenvalue weighted by Crippen LogP contribution is -2.30. The van der Waals surface area contributed by atoms with E-state index >= 15 is 0 Å². The van der Waals surface area contributed by atoms with Crippen molar-refractivity contribution in [1.29, 1.82) is 0 Å². The van der Waals surface area contributed by atoms with E-state index in [0.29, 0.717) is 19.3 Å². The van der Waals surface area contributed by atoms with Crippen molar-refractivity contribution in [3.05, 3.63) is 60.8 Å². The fourth-order valence-electron chi connectivity index (χ4n) is 6.52. The Bertz CT molecular complexity index is 1070. The minimum Gasteiger partial charge on any atom is -0.462 e. The third-order valence-electron chi connectivity index (χ3n) is 10.2. The van der Waals surface area contributed by atoms with Gasteiger partial charge < -0.3 is 14.2 Å². The Balaban J connectivity index is 4.22. The first-order chi connectivity index (χ1) is 28.5. The molecule has 0 N–H and O–H groups in total. The average molecular weight is 811 g/mol. The molecule has 0 aromatic rings. The first-order valence-electron chi connectivity index (χ1n) is 24.3. The second-order valence-electron chi connectivity index (χ2n) is 16.0. The Morgan fingerprint density at radius 3 is 1.02 bits per heavy atom. The first-order valence-corrected chi connectivity index (χ1v) is 24.3. The van der Waals surface area contributed by atoms with Crippen LogP contribution in [0.4, 0.5) is 0 Å². The van der Waals surface area contributed by atoms with Gasteiger partial charge in [0.25, 0.3) is 0 Å². The summed E-state index contributed by atoms with van der Waals surface area (Å²) in [5, 5.41) is 0. The number of carbonyl (C=O) groups is 3. The summed E-state index contributed by atoms with van der Waals surface area (Å²) in [6, 6.07) is 0. The number of esters is 3. The Morgan fingerprint density at radius 2 is 0.638 bits per heavy atom. The highest BCUT2D eigenvalue weighted by atomic mass is 16.6. The number of rotatable bonds is 43. The first kappa shape index (κ1) is 55.1. The quantitative estimate of drug-likeness (QED) is 0.0264. The number of ether oxygens (including phenoxy) is 3. The van der Waals surface area contributed by atoms with E-state index in [1.54, 1.807) is 0 Å².